The van der Waals surface area contributed by atoms with Crippen LogP contribution in [0.2, 0.25) is 0 Å². The Bertz CT molecular complexity index is 712. The number of nitrogens with zero attached hydrogens (tertiary/aromatic N) is 3. The third-order valence-electron chi connectivity index (χ3n) is 3.38. The van der Waals surface area contributed by atoms with E-state index in [0.29, 0.717) is 5.82 Å². The van der Waals surface area contributed by atoms with Crippen molar-refractivity contribution >= 4 is 17.5 Å². The van der Waals surface area contributed by atoms with Gasteiger partial charge in [0.25, 0.3) is 0 Å². The molecule has 2 amide bonds. The van der Waals surface area contributed by atoms with Gasteiger partial charge in [-0.25, -0.2) is 14.8 Å². The lowest BCUT2D eigenvalue weighted by atomic mass is 10.1. The third kappa shape index (κ3) is 4.67. The maximum atomic E-state index is 12.0. The molecule has 1 aromatic carbocycles. The van der Waals surface area contributed by atoms with E-state index in [4.69, 9.17) is 0 Å². The summed E-state index contributed by atoms with van der Waals surface area (Å²) < 4.78 is 0. The molecule has 6 nitrogen and oxygen atoms in total. The average molecular weight is 313 g/mol. The molecule has 0 fully saturated rings. The van der Waals surface area contributed by atoms with E-state index in [-0.39, 0.29) is 12.6 Å². The summed E-state index contributed by atoms with van der Waals surface area (Å²) in [6.07, 6.45) is 0. The van der Waals surface area contributed by atoms with Crippen molar-refractivity contribution in [1.29, 1.82) is 0 Å². The van der Waals surface area contributed by atoms with Crippen LogP contribution >= 0.6 is 0 Å². The molecule has 0 radical (unpaired) electrons. The Kier molecular flexibility index (Phi) is 5.16. The van der Waals surface area contributed by atoms with Crippen molar-refractivity contribution in [1.82, 2.24) is 15.3 Å². The van der Waals surface area contributed by atoms with Crippen LogP contribution in [-0.4, -0.2) is 30.1 Å². The largest absolute Gasteiger partial charge is 0.363 e. The van der Waals surface area contributed by atoms with Crippen molar-refractivity contribution in [2.45, 2.75) is 27.3 Å². The van der Waals surface area contributed by atoms with Crippen LogP contribution in [-0.2, 0) is 6.54 Å². The summed E-state index contributed by atoms with van der Waals surface area (Å²) >= 11 is 0. The van der Waals surface area contributed by atoms with Gasteiger partial charge < -0.3 is 15.5 Å². The maximum absolute atomic E-state index is 12.0. The summed E-state index contributed by atoms with van der Waals surface area (Å²) in [5.41, 5.74) is 3.86. The fourth-order valence-electron chi connectivity index (χ4n) is 2.20. The average Bonchev–Trinajstić information content (AvgIpc) is 2.47. The minimum Gasteiger partial charge on any atom is -0.363 e. The van der Waals surface area contributed by atoms with E-state index in [0.717, 1.165) is 28.3 Å². The standard InChI is InChI=1S/C17H23N5O/c1-11-6-7-14(12(2)8-11)20-17(23)18-10-15-19-13(3)9-16(21-15)22(4)5/h6-9H,10H2,1-5H3,(H2,18,20,23). The fourth-order valence-corrected chi connectivity index (χ4v) is 2.20. The number of carbonyl (C=O) groups is 1. The third-order valence-corrected chi connectivity index (χ3v) is 3.38. The zero-order valence-corrected chi connectivity index (χ0v) is 14.3. The van der Waals surface area contributed by atoms with Crippen molar-refractivity contribution in [3.8, 4) is 0 Å². The van der Waals surface area contributed by atoms with E-state index >= 15 is 0 Å². The van der Waals surface area contributed by atoms with Gasteiger partial charge in [-0.1, -0.05) is 17.7 Å². The molecule has 0 atom stereocenters. The van der Waals surface area contributed by atoms with Gasteiger partial charge >= 0.3 is 6.03 Å². The number of amides is 2. The minimum absolute atomic E-state index is 0.270. The van der Waals surface area contributed by atoms with Crippen molar-refractivity contribution in [3.63, 3.8) is 0 Å². The van der Waals surface area contributed by atoms with E-state index < -0.39 is 0 Å². The molecule has 0 saturated heterocycles. The van der Waals surface area contributed by atoms with Crippen LogP contribution in [0.15, 0.2) is 24.3 Å². The molecule has 0 aliphatic rings. The second kappa shape index (κ2) is 7.09. The number of nitrogens with one attached hydrogen (secondary N) is 2. The van der Waals surface area contributed by atoms with E-state index in [1.165, 1.54) is 0 Å². The van der Waals surface area contributed by atoms with Gasteiger partial charge in [-0.15, -0.1) is 0 Å². The smallest absolute Gasteiger partial charge is 0.319 e. The first-order valence-corrected chi connectivity index (χ1v) is 7.49. The molecule has 0 bridgehead atoms. The second-order valence-corrected chi connectivity index (χ2v) is 5.80. The van der Waals surface area contributed by atoms with Gasteiger partial charge in [0.15, 0.2) is 0 Å². The molecule has 1 heterocycles. The number of carbonyl (C=O) groups excluding carboxylic acids is 1. The van der Waals surface area contributed by atoms with E-state index in [1.807, 2.05) is 64.0 Å². The van der Waals surface area contributed by atoms with Crippen molar-refractivity contribution in [3.05, 3.63) is 46.9 Å². The molecule has 0 aliphatic carbocycles. The fraction of sp³-hybridized carbons (Fsp3) is 0.353. The number of anilines is 2. The molecule has 1 aromatic heterocycles. The van der Waals surface area contributed by atoms with E-state index in [1.54, 1.807) is 0 Å². The Labute approximate surface area is 137 Å². The van der Waals surface area contributed by atoms with E-state index in [9.17, 15) is 4.79 Å². The van der Waals surface area contributed by atoms with Gasteiger partial charge in [-0.05, 0) is 32.4 Å². The van der Waals surface area contributed by atoms with Gasteiger partial charge in [0.05, 0.1) is 6.54 Å². The molecule has 0 aliphatic heterocycles. The first kappa shape index (κ1) is 16.7. The summed E-state index contributed by atoms with van der Waals surface area (Å²) in [4.78, 5) is 22.7. The van der Waals surface area contributed by atoms with Crippen LogP contribution in [0.4, 0.5) is 16.3 Å². The lowest BCUT2D eigenvalue weighted by Gasteiger charge is -2.14. The highest BCUT2D eigenvalue weighted by Crippen LogP contribution is 2.15. The molecule has 122 valence electrons. The zero-order chi connectivity index (χ0) is 17.0. The molecule has 2 N–H and O–H groups in total. The lowest BCUT2D eigenvalue weighted by molar-refractivity contribution is 0.251. The van der Waals surface area contributed by atoms with Crippen molar-refractivity contribution < 1.29 is 4.79 Å². The normalized spacial score (nSPS) is 10.3. The number of urea groups is 1. The highest BCUT2D eigenvalue weighted by molar-refractivity contribution is 5.90. The van der Waals surface area contributed by atoms with Crippen LogP contribution in [0.5, 0.6) is 0 Å². The van der Waals surface area contributed by atoms with Crippen LogP contribution in [0.3, 0.4) is 0 Å². The van der Waals surface area contributed by atoms with Crippen molar-refractivity contribution in [2.75, 3.05) is 24.3 Å². The molecule has 2 rings (SSSR count). The van der Waals surface area contributed by atoms with Gasteiger partial charge in [0.1, 0.15) is 11.6 Å². The first-order chi connectivity index (χ1) is 10.8. The molecule has 6 heteroatoms. The first-order valence-electron chi connectivity index (χ1n) is 7.49. The number of hydrogen-bond acceptors (Lipinski definition) is 4. The Morgan fingerprint density at radius 2 is 1.87 bits per heavy atom. The highest BCUT2D eigenvalue weighted by atomic mass is 16.2. The zero-order valence-electron chi connectivity index (χ0n) is 14.3. The summed E-state index contributed by atoms with van der Waals surface area (Å²) in [6, 6.07) is 7.53. The van der Waals surface area contributed by atoms with Crippen LogP contribution in [0.25, 0.3) is 0 Å². The van der Waals surface area contributed by atoms with Gasteiger partial charge in [0.2, 0.25) is 0 Å². The molecule has 0 unspecified atom stereocenters. The second-order valence-electron chi connectivity index (χ2n) is 5.80. The monoisotopic (exact) mass is 313 g/mol. The summed E-state index contributed by atoms with van der Waals surface area (Å²) in [5, 5.41) is 5.63. The molecular weight excluding hydrogens is 290 g/mol. The number of aromatic nitrogens is 2. The van der Waals surface area contributed by atoms with Gasteiger partial charge in [-0.2, -0.15) is 0 Å². The van der Waals surface area contributed by atoms with Crippen LogP contribution < -0.4 is 15.5 Å². The number of rotatable bonds is 4. The topological polar surface area (TPSA) is 70.2 Å². The Morgan fingerprint density at radius 3 is 2.52 bits per heavy atom. The van der Waals surface area contributed by atoms with Crippen molar-refractivity contribution in [2.24, 2.45) is 0 Å². The summed E-state index contributed by atoms with van der Waals surface area (Å²) in [7, 11) is 3.84. The summed E-state index contributed by atoms with van der Waals surface area (Å²) in [6.45, 7) is 6.18. The molecule has 0 spiro atoms. The molecule has 0 saturated carbocycles. The maximum Gasteiger partial charge on any atom is 0.319 e. The Balaban J connectivity index is 1.99. The predicted molar refractivity (Wildman–Crippen MR) is 92.9 cm³/mol. The molecule has 23 heavy (non-hydrogen) atoms. The van der Waals surface area contributed by atoms with Crippen LogP contribution in [0, 0.1) is 20.8 Å². The number of aryl methyl sites for hydroxylation is 3. The summed E-state index contributed by atoms with van der Waals surface area (Å²) in [5.74, 6) is 1.41. The quantitative estimate of drug-likeness (QED) is 0.910. The molecular formula is C17H23N5O. The van der Waals surface area contributed by atoms with E-state index in [2.05, 4.69) is 20.6 Å². The highest BCUT2D eigenvalue weighted by Gasteiger charge is 2.07. The molecule has 2 aromatic rings. The lowest BCUT2D eigenvalue weighted by Crippen LogP contribution is -2.29. The van der Waals surface area contributed by atoms with Crippen LogP contribution in [0.1, 0.15) is 22.6 Å². The SMILES string of the molecule is Cc1ccc(NC(=O)NCc2nc(C)cc(N(C)C)n2)c(C)c1. The number of hydrogen-bond donors (Lipinski definition) is 2. The van der Waals surface area contributed by atoms with Gasteiger partial charge in [-0.3, -0.25) is 0 Å². The minimum atomic E-state index is -0.270. The Hall–Kier alpha value is -2.63. The predicted octanol–water partition coefficient (Wildman–Crippen LogP) is 2.79. The van der Waals surface area contributed by atoms with Gasteiger partial charge in [0, 0.05) is 31.5 Å². The number of benzene rings is 1. The Morgan fingerprint density at radius 1 is 1.13 bits per heavy atom.